The van der Waals surface area contributed by atoms with Gasteiger partial charge in [0, 0.05) is 17.6 Å². The Morgan fingerprint density at radius 2 is 1.87 bits per heavy atom. The monoisotopic (exact) mass is 434 g/mol. The quantitative estimate of drug-likeness (QED) is 0.387. The van der Waals surface area contributed by atoms with Crippen LogP contribution in [-0.4, -0.2) is 26.5 Å². The summed E-state index contributed by atoms with van der Waals surface area (Å²) in [6, 6.07) is 11.2. The van der Waals surface area contributed by atoms with Gasteiger partial charge in [-0.15, -0.1) is 0 Å². The molecule has 0 unspecified atom stereocenters. The van der Waals surface area contributed by atoms with E-state index in [2.05, 4.69) is 10.3 Å². The highest BCUT2D eigenvalue weighted by molar-refractivity contribution is 7.80. The third kappa shape index (κ3) is 3.77. The molecule has 0 saturated carbocycles. The fraction of sp³-hybridized carbons (Fsp3) is 0.130. The lowest BCUT2D eigenvalue weighted by Gasteiger charge is -2.28. The number of benzene rings is 1. The maximum absolute atomic E-state index is 13.7. The van der Waals surface area contributed by atoms with E-state index in [4.69, 9.17) is 12.2 Å². The van der Waals surface area contributed by atoms with Crippen LogP contribution in [0.2, 0.25) is 0 Å². The van der Waals surface area contributed by atoms with Crippen LogP contribution in [0.15, 0.2) is 54.2 Å². The van der Waals surface area contributed by atoms with Crippen molar-refractivity contribution in [3.63, 3.8) is 0 Å². The smallest absolute Gasteiger partial charge is 0.270 e. The average Bonchev–Trinajstić information content (AvgIpc) is 2.98. The summed E-state index contributed by atoms with van der Waals surface area (Å²) in [5.41, 5.74) is 3.66. The first-order valence-corrected chi connectivity index (χ1v) is 9.96. The summed E-state index contributed by atoms with van der Waals surface area (Å²) in [5.74, 6) is -0.967. The van der Waals surface area contributed by atoms with Crippen molar-refractivity contribution in [2.45, 2.75) is 20.8 Å². The second kappa shape index (κ2) is 7.88. The fourth-order valence-electron chi connectivity index (χ4n) is 3.59. The molecule has 156 valence electrons. The molecule has 1 aliphatic heterocycles. The SMILES string of the molecule is Cc1ccnc(-n2c(C)cc(/C=C3\C(=O)NC(=S)N(c4cccc(F)c4)C3=O)c2C)c1. The van der Waals surface area contributed by atoms with E-state index in [-0.39, 0.29) is 16.4 Å². The molecule has 8 heteroatoms. The number of aromatic nitrogens is 2. The number of carbonyl (C=O) groups excluding carboxylic acids is 2. The zero-order valence-corrected chi connectivity index (χ0v) is 18.0. The van der Waals surface area contributed by atoms with Gasteiger partial charge in [0.25, 0.3) is 11.8 Å². The Morgan fingerprint density at radius 3 is 2.58 bits per heavy atom. The van der Waals surface area contributed by atoms with Gasteiger partial charge in [-0.3, -0.25) is 19.8 Å². The summed E-state index contributed by atoms with van der Waals surface area (Å²) in [7, 11) is 0. The van der Waals surface area contributed by atoms with E-state index in [1.807, 2.05) is 43.5 Å². The second-order valence-corrected chi connectivity index (χ2v) is 7.68. The molecule has 31 heavy (non-hydrogen) atoms. The maximum atomic E-state index is 13.7. The Kier molecular flexibility index (Phi) is 5.24. The molecule has 6 nitrogen and oxygen atoms in total. The number of halogens is 1. The van der Waals surface area contributed by atoms with Crippen molar-refractivity contribution in [1.29, 1.82) is 0 Å². The Labute approximate surface area is 184 Å². The Morgan fingerprint density at radius 1 is 1.10 bits per heavy atom. The highest BCUT2D eigenvalue weighted by Crippen LogP contribution is 2.26. The third-order valence-corrected chi connectivity index (χ3v) is 5.35. The van der Waals surface area contributed by atoms with Gasteiger partial charge < -0.3 is 4.57 Å². The first kappa shape index (κ1) is 20.6. The van der Waals surface area contributed by atoms with Crippen molar-refractivity contribution in [1.82, 2.24) is 14.9 Å². The molecule has 4 rings (SSSR count). The highest BCUT2D eigenvalue weighted by Gasteiger charge is 2.34. The number of amides is 2. The lowest BCUT2D eigenvalue weighted by atomic mass is 10.1. The summed E-state index contributed by atoms with van der Waals surface area (Å²) in [4.78, 5) is 31.3. The Balaban J connectivity index is 1.77. The number of hydrogen-bond acceptors (Lipinski definition) is 4. The minimum Gasteiger partial charge on any atom is -0.303 e. The first-order valence-electron chi connectivity index (χ1n) is 9.55. The lowest BCUT2D eigenvalue weighted by molar-refractivity contribution is -0.122. The summed E-state index contributed by atoms with van der Waals surface area (Å²) in [6.07, 6.45) is 3.26. The van der Waals surface area contributed by atoms with Crippen molar-refractivity contribution < 1.29 is 14.0 Å². The van der Waals surface area contributed by atoms with Crippen LogP contribution in [0.3, 0.4) is 0 Å². The van der Waals surface area contributed by atoms with Crippen molar-refractivity contribution in [2.24, 2.45) is 0 Å². The van der Waals surface area contributed by atoms with Gasteiger partial charge in [-0.25, -0.2) is 9.37 Å². The summed E-state index contributed by atoms with van der Waals surface area (Å²) in [6.45, 7) is 5.80. The number of anilines is 1. The molecule has 0 aliphatic carbocycles. The molecule has 1 N–H and O–H groups in total. The van der Waals surface area contributed by atoms with Crippen LogP contribution < -0.4 is 10.2 Å². The first-order chi connectivity index (χ1) is 14.8. The van der Waals surface area contributed by atoms with Crippen LogP contribution >= 0.6 is 12.2 Å². The minimum absolute atomic E-state index is 0.0877. The number of thiocarbonyl (C=S) groups is 1. The molecule has 2 aromatic heterocycles. The van der Waals surface area contributed by atoms with Gasteiger partial charge in [-0.2, -0.15) is 0 Å². The van der Waals surface area contributed by atoms with E-state index >= 15 is 0 Å². The van der Waals surface area contributed by atoms with Crippen LogP contribution in [0.4, 0.5) is 10.1 Å². The topological polar surface area (TPSA) is 67.2 Å². The molecule has 3 heterocycles. The van der Waals surface area contributed by atoms with E-state index in [0.717, 1.165) is 27.7 Å². The van der Waals surface area contributed by atoms with Crippen molar-refractivity contribution in [3.8, 4) is 5.82 Å². The molecular formula is C23H19FN4O2S. The molecule has 0 atom stereocenters. The summed E-state index contributed by atoms with van der Waals surface area (Å²) >= 11 is 5.16. The second-order valence-electron chi connectivity index (χ2n) is 7.29. The number of aryl methyl sites for hydroxylation is 2. The van der Waals surface area contributed by atoms with E-state index in [9.17, 15) is 14.0 Å². The van der Waals surface area contributed by atoms with E-state index in [0.29, 0.717) is 5.56 Å². The molecule has 0 bridgehead atoms. The van der Waals surface area contributed by atoms with Gasteiger partial charge in [0.1, 0.15) is 17.2 Å². The van der Waals surface area contributed by atoms with Crippen LogP contribution in [0.1, 0.15) is 22.5 Å². The van der Waals surface area contributed by atoms with E-state index in [1.54, 1.807) is 12.3 Å². The van der Waals surface area contributed by atoms with Gasteiger partial charge in [-0.1, -0.05) is 6.07 Å². The zero-order chi connectivity index (χ0) is 22.3. The molecular weight excluding hydrogens is 415 g/mol. The number of nitrogens with zero attached hydrogens (tertiary/aromatic N) is 3. The molecule has 0 spiro atoms. The normalized spacial score (nSPS) is 15.5. The summed E-state index contributed by atoms with van der Waals surface area (Å²) < 4.78 is 15.7. The van der Waals surface area contributed by atoms with Crippen LogP contribution in [-0.2, 0) is 9.59 Å². The van der Waals surface area contributed by atoms with Gasteiger partial charge in [0.2, 0.25) is 0 Å². The van der Waals surface area contributed by atoms with Crippen molar-refractivity contribution in [3.05, 3.63) is 82.6 Å². The largest absolute Gasteiger partial charge is 0.303 e. The number of pyridine rings is 1. The molecule has 1 fully saturated rings. The van der Waals surface area contributed by atoms with Gasteiger partial charge >= 0.3 is 0 Å². The highest BCUT2D eigenvalue weighted by atomic mass is 32.1. The zero-order valence-electron chi connectivity index (χ0n) is 17.1. The molecule has 0 radical (unpaired) electrons. The van der Waals surface area contributed by atoms with Gasteiger partial charge in [0.05, 0.1) is 5.69 Å². The van der Waals surface area contributed by atoms with Crippen LogP contribution in [0.5, 0.6) is 0 Å². The number of nitrogens with one attached hydrogen (secondary N) is 1. The van der Waals surface area contributed by atoms with Crippen molar-refractivity contribution >= 4 is 40.9 Å². The van der Waals surface area contributed by atoms with Gasteiger partial charge in [0.15, 0.2) is 5.11 Å². The Hall–Kier alpha value is -3.65. The molecule has 3 aromatic rings. The summed E-state index contributed by atoms with van der Waals surface area (Å²) in [5, 5.41) is 2.43. The average molecular weight is 434 g/mol. The van der Waals surface area contributed by atoms with E-state index < -0.39 is 17.6 Å². The lowest BCUT2D eigenvalue weighted by Crippen LogP contribution is -2.54. The fourth-order valence-corrected chi connectivity index (χ4v) is 3.87. The molecule has 1 aliphatic rings. The predicted molar refractivity (Wildman–Crippen MR) is 120 cm³/mol. The molecule has 2 amide bonds. The van der Waals surface area contributed by atoms with Crippen LogP contribution in [0.25, 0.3) is 11.9 Å². The van der Waals surface area contributed by atoms with Crippen LogP contribution in [0, 0.1) is 26.6 Å². The molecule has 1 aromatic carbocycles. The Bertz CT molecular complexity index is 1280. The van der Waals surface area contributed by atoms with Crippen molar-refractivity contribution in [2.75, 3.05) is 4.90 Å². The molecule has 1 saturated heterocycles. The number of rotatable bonds is 3. The third-order valence-electron chi connectivity index (χ3n) is 5.07. The standard InChI is InChI=1S/C23H19FN4O2S/c1-13-7-8-25-20(9-13)27-14(2)10-16(15(27)3)11-19-21(29)26-23(31)28(22(19)30)18-6-4-5-17(24)12-18/h4-12H,1-3H3,(H,26,29,31)/b19-11+. The number of hydrogen-bond donors (Lipinski definition) is 1. The minimum atomic E-state index is -0.613. The number of carbonyl (C=O) groups is 2. The maximum Gasteiger partial charge on any atom is 0.270 e. The van der Waals surface area contributed by atoms with Gasteiger partial charge in [-0.05, 0) is 86.6 Å². The van der Waals surface area contributed by atoms with E-state index in [1.165, 1.54) is 24.3 Å². The predicted octanol–water partition coefficient (Wildman–Crippen LogP) is 3.77.